The number of carbonyl (C=O) groups excluding carboxylic acids is 2. The molecule has 1 aromatic carbocycles. The molecule has 1 heterocycles. The molecule has 0 aliphatic carbocycles. The van der Waals surface area contributed by atoms with E-state index in [0.29, 0.717) is 24.4 Å². The molecule has 2 amide bonds. The lowest BCUT2D eigenvalue weighted by atomic mass is 9.95. The number of carbonyl (C=O) groups is 2. The standard InChI is InChI=1S/C17H22N2O4/c1-4-23-16(20)14-12(2)19(10-11-22-3)17(21)18-15(14)13-8-6-5-7-9-13/h5-9,15H,4,10-11H2,1-3H3,(H,18,21)/t15-/m0/s1. The number of hydrogen-bond acceptors (Lipinski definition) is 4. The van der Waals surface area contributed by atoms with Crippen LogP contribution in [0.4, 0.5) is 4.79 Å². The molecule has 1 aliphatic rings. The number of urea groups is 1. The van der Waals surface area contributed by atoms with E-state index in [1.165, 1.54) is 4.90 Å². The number of allylic oxidation sites excluding steroid dienone is 1. The second-order valence-corrected chi connectivity index (χ2v) is 5.16. The zero-order valence-corrected chi connectivity index (χ0v) is 13.7. The molecule has 1 aromatic rings. The highest BCUT2D eigenvalue weighted by molar-refractivity contribution is 5.95. The highest BCUT2D eigenvalue weighted by Crippen LogP contribution is 2.31. The molecule has 1 N–H and O–H groups in total. The summed E-state index contributed by atoms with van der Waals surface area (Å²) in [6.07, 6.45) is 0. The van der Waals surface area contributed by atoms with Crippen LogP contribution in [0.15, 0.2) is 41.6 Å². The first-order valence-electron chi connectivity index (χ1n) is 7.60. The third kappa shape index (κ3) is 3.71. The lowest BCUT2D eigenvalue weighted by Crippen LogP contribution is -2.49. The van der Waals surface area contributed by atoms with E-state index in [1.807, 2.05) is 30.3 Å². The van der Waals surface area contributed by atoms with Gasteiger partial charge in [-0.15, -0.1) is 0 Å². The maximum Gasteiger partial charge on any atom is 0.338 e. The van der Waals surface area contributed by atoms with Crippen LogP contribution >= 0.6 is 0 Å². The first kappa shape index (κ1) is 17.0. The summed E-state index contributed by atoms with van der Waals surface area (Å²) in [6.45, 7) is 4.56. The summed E-state index contributed by atoms with van der Waals surface area (Å²) in [5.74, 6) is -0.415. The zero-order chi connectivity index (χ0) is 16.8. The Balaban J connectivity index is 2.44. The molecular weight excluding hydrogens is 296 g/mol. The third-order valence-electron chi connectivity index (χ3n) is 3.74. The Morgan fingerprint density at radius 1 is 1.30 bits per heavy atom. The van der Waals surface area contributed by atoms with Crippen molar-refractivity contribution in [1.29, 1.82) is 0 Å². The van der Waals surface area contributed by atoms with Crippen molar-refractivity contribution in [2.75, 3.05) is 26.9 Å². The first-order chi connectivity index (χ1) is 11.1. The van der Waals surface area contributed by atoms with Crippen molar-refractivity contribution in [2.45, 2.75) is 19.9 Å². The Kier molecular flexibility index (Phi) is 5.76. The topological polar surface area (TPSA) is 67.9 Å². The molecule has 6 heteroatoms. The number of rotatable bonds is 6. The summed E-state index contributed by atoms with van der Waals surface area (Å²) in [4.78, 5) is 26.3. The molecule has 23 heavy (non-hydrogen) atoms. The van der Waals surface area contributed by atoms with Gasteiger partial charge in [-0.1, -0.05) is 30.3 Å². The van der Waals surface area contributed by atoms with Crippen molar-refractivity contribution >= 4 is 12.0 Å². The van der Waals surface area contributed by atoms with Crippen LogP contribution in [0.25, 0.3) is 0 Å². The minimum Gasteiger partial charge on any atom is -0.463 e. The normalized spacial score (nSPS) is 18.0. The summed E-state index contributed by atoms with van der Waals surface area (Å²) in [6, 6.07) is 8.63. The number of nitrogens with one attached hydrogen (secondary N) is 1. The average Bonchev–Trinajstić information content (AvgIpc) is 2.55. The Morgan fingerprint density at radius 2 is 2.00 bits per heavy atom. The van der Waals surface area contributed by atoms with Gasteiger partial charge in [-0.3, -0.25) is 4.90 Å². The van der Waals surface area contributed by atoms with Crippen LogP contribution in [0.5, 0.6) is 0 Å². The lowest BCUT2D eigenvalue weighted by molar-refractivity contribution is -0.139. The molecule has 0 bridgehead atoms. The molecule has 1 aliphatic heterocycles. The SMILES string of the molecule is CCOC(=O)C1=C(C)N(CCOC)C(=O)N[C@H]1c1ccccc1. The van der Waals surface area contributed by atoms with Crippen molar-refractivity contribution in [2.24, 2.45) is 0 Å². The first-order valence-corrected chi connectivity index (χ1v) is 7.60. The molecule has 0 fully saturated rings. The lowest BCUT2D eigenvalue weighted by Gasteiger charge is -2.35. The van der Waals surface area contributed by atoms with Gasteiger partial charge in [0.15, 0.2) is 0 Å². The zero-order valence-electron chi connectivity index (χ0n) is 13.7. The van der Waals surface area contributed by atoms with Gasteiger partial charge >= 0.3 is 12.0 Å². The van der Waals surface area contributed by atoms with Crippen molar-refractivity contribution in [3.05, 3.63) is 47.2 Å². The Labute approximate surface area is 136 Å². The predicted molar refractivity (Wildman–Crippen MR) is 85.6 cm³/mol. The minimum atomic E-state index is -0.512. The Hall–Kier alpha value is -2.34. The van der Waals surface area contributed by atoms with Crippen LogP contribution in [0.2, 0.25) is 0 Å². The van der Waals surface area contributed by atoms with E-state index >= 15 is 0 Å². The molecule has 0 radical (unpaired) electrons. The van der Waals surface area contributed by atoms with Crippen molar-refractivity contribution in [1.82, 2.24) is 10.2 Å². The van der Waals surface area contributed by atoms with Gasteiger partial charge in [-0.2, -0.15) is 0 Å². The van der Waals surface area contributed by atoms with Crippen molar-refractivity contribution < 1.29 is 19.1 Å². The maximum absolute atomic E-state index is 12.4. The summed E-state index contributed by atoms with van der Waals surface area (Å²) >= 11 is 0. The minimum absolute atomic E-state index is 0.249. The van der Waals surface area contributed by atoms with Crippen LogP contribution in [-0.4, -0.2) is 43.8 Å². The fourth-order valence-electron chi connectivity index (χ4n) is 2.60. The Morgan fingerprint density at radius 3 is 2.61 bits per heavy atom. The summed E-state index contributed by atoms with van der Waals surface area (Å²) in [5.41, 5.74) is 1.89. The summed E-state index contributed by atoms with van der Waals surface area (Å²) in [7, 11) is 1.57. The van der Waals surface area contributed by atoms with Crippen LogP contribution in [0.1, 0.15) is 25.5 Å². The number of benzene rings is 1. The van der Waals surface area contributed by atoms with Gasteiger partial charge < -0.3 is 14.8 Å². The van der Waals surface area contributed by atoms with E-state index in [-0.39, 0.29) is 12.6 Å². The molecule has 6 nitrogen and oxygen atoms in total. The van der Waals surface area contributed by atoms with Crippen LogP contribution in [0.3, 0.4) is 0 Å². The fraction of sp³-hybridized carbons (Fsp3) is 0.412. The number of methoxy groups -OCH3 is 1. The third-order valence-corrected chi connectivity index (χ3v) is 3.74. The van der Waals surface area contributed by atoms with Gasteiger partial charge in [0.05, 0.1) is 31.4 Å². The quantitative estimate of drug-likeness (QED) is 0.817. The summed E-state index contributed by atoms with van der Waals surface area (Å²) < 4.78 is 10.2. The van der Waals surface area contributed by atoms with Gasteiger partial charge in [-0.25, -0.2) is 9.59 Å². The maximum atomic E-state index is 12.4. The van der Waals surface area contributed by atoms with E-state index in [2.05, 4.69) is 5.32 Å². The molecule has 2 rings (SSSR count). The van der Waals surface area contributed by atoms with Gasteiger partial charge in [0.2, 0.25) is 0 Å². The van der Waals surface area contributed by atoms with Crippen LogP contribution < -0.4 is 5.32 Å². The van der Waals surface area contributed by atoms with E-state index in [4.69, 9.17) is 9.47 Å². The van der Waals surface area contributed by atoms with Crippen molar-refractivity contribution in [3.63, 3.8) is 0 Å². The number of nitrogens with zero attached hydrogens (tertiary/aromatic N) is 1. The molecule has 0 saturated carbocycles. The van der Waals surface area contributed by atoms with Gasteiger partial charge in [0.1, 0.15) is 0 Å². The molecule has 0 unspecified atom stereocenters. The number of hydrogen-bond donors (Lipinski definition) is 1. The van der Waals surface area contributed by atoms with Gasteiger partial charge in [-0.05, 0) is 19.4 Å². The van der Waals surface area contributed by atoms with Gasteiger partial charge in [0, 0.05) is 12.8 Å². The van der Waals surface area contributed by atoms with E-state index in [0.717, 1.165) is 5.56 Å². The van der Waals surface area contributed by atoms with E-state index < -0.39 is 12.0 Å². The number of amides is 2. The Bertz CT molecular complexity index is 598. The van der Waals surface area contributed by atoms with E-state index in [9.17, 15) is 9.59 Å². The second kappa shape index (κ2) is 7.78. The average molecular weight is 318 g/mol. The van der Waals surface area contributed by atoms with Gasteiger partial charge in [0.25, 0.3) is 0 Å². The molecule has 124 valence electrons. The smallest absolute Gasteiger partial charge is 0.338 e. The summed E-state index contributed by atoms with van der Waals surface area (Å²) in [5, 5.41) is 2.88. The van der Waals surface area contributed by atoms with Crippen LogP contribution in [-0.2, 0) is 14.3 Å². The molecule has 1 atom stereocenters. The number of esters is 1. The monoisotopic (exact) mass is 318 g/mol. The van der Waals surface area contributed by atoms with Crippen LogP contribution in [0, 0.1) is 0 Å². The second-order valence-electron chi connectivity index (χ2n) is 5.16. The largest absolute Gasteiger partial charge is 0.463 e. The van der Waals surface area contributed by atoms with Crippen molar-refractivity contribution in [3.8, 4) is 0 Å². The molecule has 0 spiro atoms. The number of ether oxygens (including phenoxy) is 2. The highest BCUT2D eigenvalue weighted by Gasteiger charge is 2.36. The fourth-order valence-corrected chi connectivity index (χ4v) is 2.60. The molecular formula is C17H22N2O4. The molecule has 0 aromatic heterocycles. The predicted octanol–water partition coefficient (Wildman–Crippen LogP) is 2.24. The molecule has 0 saturated heterocycles. The highest BCUT2D eigenvalue weighted by atomic mass is 16.5. The van der Waals surface area contributed by atoms with E-state index in [1.54, 1.807) is 21.0 Å².